The molecule has 0 aliphatic heterocycles. The number of rotatable bonds is 9. The van der Waals surface area contributed by atoms with E-state index in [9.17, 15) is 0 Å². The summed E-state index contributed by atoms with van der Waals surface area (Å²) < 4.78 is 0.157. The molecule has 22 heavy (non-hydrogen) atoms. The molecule has 0 saturated carbocycles. The predicted octanol–water partition coefficient (Wildman–Crippen LogP) is 5.31. The van der Waals surface area contributed by atoms with Crippen molar-refractivity contribution in [3.63, 3.8) is 0 Å². The van der Waals surface area contributed by atoms with Crippen molar-refractivity contribution < 1.29 is 0 Å². The lowest BCUT2D eigenvalue weighted by Crippen LogP contribution is -2.28. The second kappa shape index (κ2) is 8.78. The van der Waals surface area contributed by atoms with Gasteiger partial charge in [0.05, 0.1) is 11.4 Å². The van der Waals surface area contributed by atoms with Gasteiger partial charge in [0.15, 0.2) is 0 Å². The van der Waals surface area contributed by atoms with Crippen molar-refractivity contribution in [3.05, 3.63) is 36.4 Å². The first-order valence-electron chi connectivity index (χ1n) is 7.78. The fourth-order valence-corrected chi connectivity index (χ4v) is 2.83. The van der Waals surface area contributed by atoms with Crippen LogP contribution in [0, 0.1) is 0 Å². The average Bonchev–Trinajstić information content (AvgIpc) is 2.43. The number of para-hydroxylation sites is 2. The molecular weight excluding hydrogens is 308 g/mol. The van der Waals surface area contributed by atoms with Crippen LogP contribution in [-0.2, 0) is 0 Å². The lowest BCUT2D eigenvalue weighted by atomic mass is 10.1. The second-order valence-electron chi connectivity index (χ2n) is 6.70. The Morgan fingerprint density at radius 1 is 1.05 bits per heavy atom. The van der Waals surface area contributed by atoms with Crippen molar-refractivity contribution in [2.75, 3.05) is 29.5 Å². The summed E-state index contributed by atoms with van der Waals surface area (Å²) in [7, 11) is 0. The van der Waals surface area contributed by atoms with Gasteiger partial charge < -0.3 is 10.6 Å². The second-order valence-corrected chi connectivity index (χ2v) is 9.64. The monoisotopic (exact) mass is 338 g/mol. The minimum atomic E-state index is -0.0330. The molecule has 0 heterocycles. The molecule has 0 amide bonds. The van der Waals surface area contributed by atoms with E-state index in [1.165, 1.54) is 0 Å². The molecule has 4 heteroatoms. The van der Waals surface area contributed by atoms with E-state index in [1.807, 2.05) is 11.8 Å². The topological polar surface area (TPSA) is 24.1 Å². The smallest absolute Gasteiger partial charge is 0.0576 e. The first-order chi connectivity index (χ1) is 10.2. The standard InChI is InChI=1S/C18H30N2S2/c1-6-7-12-22-18(4,5)14-20-16-11-9-8-10-15(16)19-13-17(2,3)21/h6-11,19-21H,12-14H2,1-5H3. The minimum absolute atomic E-state index is 0.0330. The highest BCUT2D eigenvalue weighted by atomic mass is 32.2. The quantitative estimate of drug-likeness (QED) is 0.420. The van der Waals surface area contributed by atoms with Gasteiger partial charge in [-0.15, -0.1) is 11.8 Å². The van der Waals surface area contributed by atoms with Crippen LogP contribution >= 0.6 is 24.4 Å². The molecule has 2 N–H and O–H groups in total. The summed E-state index contributed by atoms with van der Waals surface area (Å²) in [5.41, 5.74) is 2.29. The Balaban J connectivity index is 2.61. The van der Waals surface area contributed by atoms with Crippen LogP contribution in [0.5, 0.6) is 0 Å². The van der Waals surface area contributed by atoms with Gasteiger partial charge in [0, 0.05) is 28.3 Å². The Morgan fingerprint density at radius 3 is 2.09 bits per heavy atom. The first kappa shape index (κ1) is 19.3. The zero-order valence-electron chi connectivity index (χ0n) is 14.4. The number of hydrogen-bond acceptors (Lipinski definition) is 4. The highest BCUT2D eigenvalue weighted by molar-refractivity contribution is 8.00. The van der Waals surface area contributed by atoms with Crippen LogP contribution in [0.1, 0.15) is 34.6 Å². The van der Waals surface area contributed by atoms with Crippen molar-refractivity contribution in [3.8, 4) is 0 Å². The maximum absolute atomic E-state index is 4.57. The van der Waals surface area contributed by atoms with E-state index in [2.05, 4.69) is 94.3 Å². The molecule has 0 aliphatic rings. The highest BCUT2D eigenvalue weighted by Gasteiger charge is 2.18. The molecular formula is C18H30N2S2. The largest absolute Gasteiger partial charge is 0.382 e. The van der Waals surface area contributed by atoms with Crippen LogP contribution in [0.15, 0.2) is 36.4 Å². The lowest BCUT2D eigenvalue weighted by Gasteiger charge is -2.26. The Bertz CT molecular complexity index is 476. The summed E-state index contributed by atoms with van der Waals surface area (Å²) in [6.45, 7) is 12.6. The molecule has 0 fully saturated rings. The van der Waals surface area contributed by atoms with E-state index < -0.39 is 0 Å². The molecule has 2 nitrogen and oxygen atoms in total. The lowest BCUT2D eigenvalue weighted by molar-refractivity contribution is 0.748. The minimum Gasteiger partial charge on any atom is -0.382 e. The first-order valence-corrected chi connectivity index (χ1v) is 9.21. The van der Waals surface area contributed by atoms with Gasteiger partial charge >= 0.3 is 0 Å². The molecule has 1 aromatic rings. The highest BCUT2D eigenvalue weighted by Crippen LogP contribution is 2.28. The molecule has 0 aromatic heterocycles. The van der Waals surface area contributed by atoms with E-state index in [4.69, 9.17) is 0 Å². The van der Waals surface area contributed by atoms with Crippen molar-refractivity contribution in [1.29, 1.82) is 0 Å². The molecule has 0 aliphatic carbocycles. The number of allylic oxidation sites excluding steroid dienone is 1. The van der Waals surface area contributed by atoms with Crippen molar-refractivity contribution >= 4 is 35.8 Å². The summed E-state index contributed by atoms with van der Waals surface area (Å²) in [4.78, 5) is 0. The summed E-state index contributed by atoms with van der Waals surface area (Å²) in [5.74, 6) is 1.05. The Kier molecular flexibility index (Phi) is 7.70. The van der Waals surface area contributed by atoms with Gasteiger partial charge in [0.25, 0.3) is 0 Å². The van der Waals surface area contributed by atoms with E-state index in [-0.39, 0.29) is 9.49 Å². The van der Waals surface area contributed by atoms with Crippen LogP contribution in [0.25, 0.3) is 0 Å². The van der Waals surface area contributed by atoms with Gasteiger partial charge in [-0.05, 0) is 46.8 Å². The SMILES string of the molecule is CC=CCSC(C)(C)CNc1ccccc1NCC(C)(C)S. The maximum Gasteiger partial charge on any atom is 0.0576 e. The molecule has 0 radical (unpaired) electrons. The zero-order chi connectivity index (χ0) is 16.6. The molecule has 1 rings (SSSR count). The average molecular weight is 339 g/mol. The van der Waals surface area contributed by atoms with Crippen LogP contribution in [0.4, 0.5) is 11.4 Å². The number of nitrogens with one attached hydrogen (secondary N) is 2. The third-order valence-electron chi connectivity index (χ3n) is 3.15. The molecule has 0 unspecified atom stereocenters. The number of thiol groups is 1. The van der Waals surface area contributed by atoms with Crippen molar-refractivity contribution in [2.24, 2.45) is 0 Å². The summed E-state index contributed by atoms with van der Waals surface area (Å²) in [6, 6.07) is 8.37. The van der Waals surface area contributed by atoms with Crippen LogP contribution in [0.2, 0.25) is 0 Å². The van der Waals surface area contributed by atoms with E-state index in [0.717, 1.165) is 30.2 Å². The molecule has 0 spiro atoms. The third-order valence-corrected chi connectivity index (χ3v) is 4.59. The summed E-state index contributed by atoms with van der Waals surface area (Å²) >= 11 is 6.54. The zero-order valence-corrected chi connectivity index (χ0v) is 16.2. The molecule has 0 saturated heterocycles. The third kappa shape index (κ3) is 8.04. The number of benzene rings is 1. The van der Waals surface area contributed by atoms with Crippen LogP contribution < -0.4 is 10.6 Å². The van der Waals surface area contributed by atoms with E-state index in [0.29, 0.717) is 0 Å². The van der Waals surface area contributed by atoms with Gasteiger partial charge in [-0.1, -0.05) is 24.3 Å². The number of thioether (sulfide) groups is 1. The number of anilines is 2. The molecule has 0 atom stereocenters. The van der Waals surface area contributed by atoms with Gasteiger partial charge in [-0.25, -0.2) is 0 Å². The summed E-state index contributed by atoms with van der Waals surface area (Å²) in [6.07, 6.45) is 4.31. The van der Waals surface area contributed by atoms with E-state index >= 15 is 0 Å². The molecule has 124 valence electrons. The Labute approximate surface area is 145 Å². The fraction of sp³-hybridized carbons (Fsp3) is 0.556. The normalized spacial score (nSPS) is 12.6. The predicted molar refractivity (Wildman–Crippen MR) is 108 cm³/mol. The molecule has 1 aromatic carbocycles. The van der Waals surface area contributed by atoms with Crippen LogP contribution in [-0.4, -0.2) is 28.3 Å². The van der Waals surface area contributed by atoms with Gasteiger partial charge in [-0.2, -0.15) is 12.6 Å². The van der Waals surface area contributed by atoms with Gasteiger partial charge in [-0.3, -0.25) is 0 Å². The number of hydrogen-bond donors (Lipinski definition) is 3. The van der Waals surface area contributed by atoms with Crippen LogP contribution in [0.3, 0.4) is 0 Å². The fourth-order valence-electron chi connectivity index (χ4n) is 1.83. The van der Waals surface area contributed by atoms with E-state index in [1.54, 1.807) is 0 Å². The van der Waals surface area contributed by atoms with Crippen molar-refractivity contribution in [1.82, 2.24) is 0 Å². The molecule has 0 bridgehead atoms. The van der Waals surface area contributed by atoms with Gasteiger partial charge in [0.2, 0.25) is 0 Å². The van der Waals surface area contributed by atoms with Crippen molar-refractivity contribution in [2.45, 2.75) is 44.1 Å². The van der Waals surface area contributed by atoms with Gasteiger partial charge in [0.1, 0.15) is 0 Å². The Morgan fingerprint density at radius 2 is 1.59 bits per heavy atom. The maximum atomic E-state index is 4.57. The Hall–Kier alpha value is -0.740. The summed E-state index contributed by atoms with van der Waals surface area (Å²) in [5, 5.41) is 7.07.